The minimum atomic E-state index is 0.0505. The largest absolute Gasteiger partial charge is 0.501 e. The first-order chi connectivity index (χ1) is 13.1. The molecule has 0 spiro atoms. The van der Waals surface area contributed by atoms with Gasteiger partial charge in [-0.3, -0.25) is 0 Å². The number of rotatable bonds is 6. The van der Waals surface area contributed by atoms with Crippen LogP contribution in [0.3, 0.4) is 0 Å². The van der Waals surface area contributed by atoms with Crippen LogP contribution in [0.4, 0.5) is 5.69 Å². The van der Waals surface area contributed by atoms with Crippen molar-refractivity contribution >= 4 is 57.3 Å². The molecule has 0 saturated carbocycles. The molecule has 0 aliphatic carbocycles. The highest BCUT2D eigenvalue weighted by molar-refractivity contribution is 7.81. The lowest BCUT2D eigenvalue weighted by Gasteiger charge is -2.13. The highest BCUT2D eigenvalue weighted by atomic mass is 35.5. The molecule has 2 aromatic heterocycles. The number of hydrogen-bond acceptors (Lipinski definition) is 4. The van der Waals surface area contributed by atoms with Crippen LogP contribution < -0.4 is 14.6 Å². The molecule has 1 aromatic carbocycles. The molecule has 3 aromatic rings. The molecule has 0 amide bonds. The van der Waals surface area contributed by atoms with Gasteiger partial charge in [-0.05, 0) is 31.2 Å². The van der Waals surface area contributed by atoms with E-state index in [0.717, 1.165) is 5.69 Å². The van der Waals surface area contributed by atoms with Crippen molar-refractivity contribution in [3.05, 3.63) is 76.2 Å². The minimum absolute atomic E-state index is 0.0505. The summed E-state index contributed by atoms with van der Waals surface area (Å²) in [6.07, 6.45) is 3.65. The van der Waals surface area contributed by atoms with Crippen molar-refractivity contribution in [2.24, 2.45) is 0 Å². The van der Waals surface area contributed by atoms with Crippen LogP contribution in [0.2, 0.25) is 4.34 Å². The van der Waals surface area contributed by atoms with Gasteiger partial charge in [-0.2, -0.15) is 4.57 Å². The van der Waals surface area contributed by atoms with Crippen molar-refractivity contribution in [2.75, 3.05) is 11.9 Å². The Balaban J connectivity index is 2.03. The summed E-state index contributed by atoms with van der Waals surface area (Å²) in [5.74, 6) is 0.743. The summed E-state index contributed by atoms with van der Waals surface area (Å²) in [6.45, 7) is 2.47. The quantitative estimate of drug-likeness (QED) is 0.243. The summed E-state index contributed by atoms with van der Waals surface area (Å²) in [5, 5.41) is 14.1. The molecule has 2 heterocycles. The molecular formula is C20H18ClN2O2S2+. The third kappa shape index (κ3) is 4.66. The van der Waals surface area contributed by atoms with Crippen molar-refractivity contribution in [1.29, 1.82) is 0 Å². The molecule has 0 saturated heterocycles. The van der Waals surface area contributed by atoms with Crippen LogP contribution in [-0.4, -0.2) is 16.7 Å². The number of nitrogens with zero attached hydrogens (tertiary/aromatic N) is 1. The van der Waals surface area contributed by atoms with Crippen LogP contribution in [0.15, 0.2) is 67.0 Å². The van der Waals surface area contributed by atoms with Gasteiger partial charge in [0.05, 0.1) is 21.5 Å². The van der Waals surface area contributed by atoms with E-state index < -0.39 is 0 Å². The van der Waals surface area contributed by atoms with E-state index in [9.17, 15) is 5.11 Å². The van der Waals surface area contributed by atoms with Crippen LogP contribution in [0, 0.1) is 0 Å². The molecule has 3 rings (SSSR count). The number of aliphatic hydroxyl groups excluding tert-OH is 1. The van der Waals surface area contributed by atoms with E-state index in [4.69, 9.17) is 28.6 Å². The standard InChI is InChI=1S/C20H17ClN2O2S2/c1-2-25-15-9-5-4-8-14(15)22-20(26)18(23-12-6-3-7-13-23)19(24)16-10-11-17(21)27-16/h3-13H,2H2,1H3,(H-,22,24,26)/p+1. The van der Waals surface area contributed by atoms with Gasteiger partial charge in [0.2, 0.25) is 5.76 Å². The van der Waals surface area contributed by atoms with Gasteiger partial charge in [0.25, 0.3) is 5.70 Å². The van der Waals surface area contributed by atoms with E-state index in [-0.39, 0.29) is 5.76 Å². The number of aromatic nitrogens is 1. The number of anilines is 1. The summed E-state index contributed by atoms with van der Waals surface area (Å²) < 4.78 is 8.01. The average Bonchev–Trinajstić information content (AvgIpc) is 3.11. The van der Waals surface area contributed by atoms with Crippen molar-refractivity contribution < 1.29 is 14.4 Å². The number of aliphatic hydroxyl groups is 1. The van der Waals surface area contributed by atoms with Gasteiger partial charge in [0, 0.05) is 12.1 Å². The number of thiophene rings is 1. The number of nitrogens with one attached hydrogen (secondary N) is 1. The zero-order valence-corrected chi connectivity index (χ0v) is 16.9. The zero-order chi connectivity index (χ0) is 19.2. The Hall–Kier alpha value is -2.41. The van der Waals surface area contributed by atoms with Gasteiger partial charge in [0.1, 0.15) is 5.75 Å². The zero-order valence-electron chi connectivity index (χ0n) is 14.6. The summed E-state index contributed by atoms with van der Waals surface area (Å²) in [6, 6.07) is 16.7. The lowest BCUT2D eigenvalue weighted by Crippen LogP contribution is -2.38. The predicted octanol–water partition coefficient (Wildman–Crippen LogP) is 5.41. The smallest absolute Gasteiger partial charge is 0.289 e. The van der Waals surface area contributed by atoms with E-state index in [2.05, 4.69) is 5.32 Å². The second-order valence-corrected chi connectivity index (χ2v) is 7.59. The van der Waals surface area contributed by atoms with Gasteiger partial charge in [-0.25, -0.2) is 0 Å². The first-order valence-corrected chi connectivity index (χ1v) is 9.89. The van der Waals surface area contributed by atoms with E-state index in [0.29, 0.717) is 32.3 Å². The Morgan fingerprint density at radius 1 is 1.15 bits per heavy atom. The summed E-state index contributed by atoms with van der Waals surface area (Å²) in [7, 11) is 0. The Morgan fingerprint density at radius 2 is 1.89 bits per heavy atom. The summed E-state index contributed by atoms with van der Waals surface area (Å²) in [4.78, 5) is 0.994. The Morgan fingerprint density at radius 3 is 2.56 bits per heavy atom. The molecule has 0 aliphatic heterocycles. The minimum Gasteiger partial charge on any atom is -0.501 e. The lowest BCUT2D eigenvalue weighted by atomic mass is 10.2. The van der Waals surface area contributed by atoms with E-state index in [1.54, 1.807) is 16.7 Å². The predicted molar refractivity (Wildman–Crippen MR) is 116 cm³/mol. The van der Waals surface area contributed by atoms with E-state index >= 15 is 0 Å². The fourth-order valence-corrected chi connectivity index (χ4v) is 3.79. The number of para-hydroxylation sites is 2. The van der Waals surface area contributed by atoms with E-state index in [1.807, 2.05) is 61.8 Å². The van der Waals surface area contributed by atoms with Crippen LogP contribution in [0.25, 0.3) is 11.5 Å². The van der Waals surface area contributed by atoms with E-state index in [1.165, 1.54) is 11.3 Å². The first kappa shape index (κ1) is 19.4. The molecular weight excluding hydrogens is 400 g/mol. The number of thiocarbonyl (C=S) groups is 1. The fourth-order valence-electron chi connectivity index (χ4n) is 2.49. The van der Waals surface area contributed by atoms with Crippen LogP contribution >= 0.6 is 35.2 Å². The maximum Gasteiger partial charge on any atom is 0.289 e. The molecule has 4 nitrogen and oxygen atoms in total. The fraction of sp³-hybridized carbons (Fsp3) is 0.100. The Labute approximate surface area is 172 Å². The molecule has 0 radical (unpaired) electrons. The number of halogens is 1. The summed E-state index contributed by atoms with van der Waals surface area (Å²) >= 11 is 13.0. The molecule has 27 heavy (non-hydrogen) atoms. The van der Waals surface area contributed by atoms with Gasteiger partial charge >= 0.3 is 0 Å². The topological polar surface area (TPSA) is 45.4 Å². The Bertz CT molecular complexity index is 971. The second kappa shape index (κ2) is 8.99. The lowest BCUT2D eigenvalue weighted by molar-refractivity contribution is -0.575. The molecule has 0 aliphatic rings. The van der Waals surface area contributed by atoms with Crippen molar-refractivity contribution in [1.82, 2.24) is 0 Å². The van der Waals surface area contributed by atoms with Crippen molar-refractivity contribution in [3.8, 4) is 5.75 Å². The molecule has 7 heteroatoms. The molecule has 0 unspecified atom stereocenters. The van der Waals surface area contributed by atoms with Gasteiger partial charge < -0.3 is 15.2 Å². The molecule has 0 fully saturated rings. The monoisotopic (exact) mass is 417 g/mol. The Kier molecular flexibility index (Phi) is 6.45. The van der Waals surface area contributed by atoms with Gasteiger partial charge in [-0.15, -0.1) is 11.3 Å². The third-order valence-electron chi connectivity index (χ3n) is 3.65. The van der Waals surface area contributed by atoms with Crippen LogP contribution in [-0.2, 0) is 0 Å². The van der Waals surface area contributed by atoms with Gasteiger partial charge in [-0.1, -0.05) is 42.0 Å². The SMILES string of the molecule is CCOc1ccccc1NC(=S)C(=C(O)c1ccc(Cl)s1)[n+]1ccccc1. The maximum absolute atomic E-state index is 10.9. The van der Waals surface area contributed by atoms with Crippen molar-refractivity contribution in [2.45, 2.75) is 6.92 Å². The average molecular weight is 418 g/mol. The molecule has 138 valence electrons. The number of pyridine rings is 1. The highest BCUT2D eigenvalue weighted by Gasteiger charge is 2.25. The molecule has 0 atom stereocenters. The molecule has 0 bridgehead atoms. The number of hydrogen-bond donors (Lipinski definition) is 2. The molecule has 2 N–H and O–H groups in total. The van der Waals surface area contributed by atoms with Crippen LogP contribution in [0.1, 0.15) is 11.8 Å². The highest BCUT2D eigenvalue weighted by Crippen LogP contribution is 2.30. The number of ether oxygens (including phenoxy) is 1. The summed E-state index contributed by atoms with van der Waals surface area (Å²) in [5.41, 5.74) is 1.19. The van der Waals surface area contributed by atoms with Gasteiger partial charge in [0.15, 0.2) is 17.4 Å². The van der Waals surface area contributed by atoms with Crippen LogP contribution in [0.5, 0.6) is 5.75 Å². The normalized spacial score (nSPS) is 11.6. The third-order valence-corrected chi connectivity index (χ3v) is 5.19. The number of benzene rings is 1. The first-order valence-electron chi connectivity index (χ1n) is 8.29. The second-order valence-electron chi connectivity index (χ2n) is 5.47. The van der Waals surface area contributed by atoms with Crippen molar-refractivity contribution in [3.63, 3.8) is 0 Å². The maximum atomic E-state index is 10.9.